The molecule has 0 fully saturated rings. The van der Waals surface area contributed by atoms with Crippen LogP contribution in [0.2, 0.25) is 0 Å². The van der Waals surface area contributed by atoms with E-state index in [-0.39, 0.29) is 5.91 Å². The van der Waals surface area contributed by atoms with Crippen molar-refractivity contribution >= 4 is 39.2 Å². The van der Waals surface area contributed by atoms with Crippen molar-refractivity contribution in [1.82, 2.24) is 10.2 Å². The molecule has 1 aliphatic carbocycles. The first kappa shape index (κ1) is 15.4. The van der Waals surface area contributed by atoms with Crippen LogP contribution >= 0.6 is 15.9 Å². The first-order valence-corrected chi connectivity index (χ1v) is 9.01. The number of hydrogen-bond donors (Lipinski definition) is 2. The molecule has 0 radical (unpaired) electrons. The van der Waals surface area contributed by atoms with E-state index in [2.05, 4.69) is 37.5 Å². The van der Waals surface area contributed by atoms with Gasteiger partial charge in [0.1, 0.15) is 5.75 Å². The number of H-pyrrole nitrogens is 1. The molecule has 0 spiro atoms. The molecule has 26 heavy (non-hydrogen) atoms. The third kappa shape index (κ3) is 2.22. The Hall–Kier alpha value is -2.86. The van der Waals surface area contributed by atoms with Crippen molar-refractivity contribution in [1.29, 1.82) is 0 Å². The second-order valence-electron chi connectivity index (χ2n) is 6.37. The number of nitrogens with zero attached hydrogens (tertiary/aromatic N) is 1. The maximum absolute atomic E-state index is 12.4. The number of methoxy groups -OCH3 is 1. The number of carbonyl (C=O) groups excluding carboxylic acids is 1. The maximum Gasteiger partial charge on any atom is 0.256 e. The Morgan fingerprint density at radius 3 is 2.92 bits per heavy atom. The van der Waals surface area contributed by atoms with Crippen molar-refractivity contribution < 1.29 is 9.53 Å². The van der Waals surface area contributed by atoms with Gasteiger partial charge in [-0.3, -0.25) is 9.89 Å². The average Bonchev–Trinajstić information content (AvgIpc) is 3.28. The lowest BCUT2D eigenvalue weighted by Crippen LogP contribution is -2.03. The van der Waals surface area contributed by atoms with Crippen LogP contribution in [-0.2, 0) is 11.2 Å². The fourth-order valence-corrected chi connectivity index (χ4v) is 3.96. The van der Waals surface area contributed by atoms with Gasteiger partial charge in [-0.25, -0.2) is 0 Å². The molecule has 0 saturated carbocycles. The van der Waals surface area contributed by atoms with E-state index in [1.54, 1.807) is 7.11 Å². The van der Waals surface area contributed by atoms with E-state index in [0.29, 0.717) is 5.57 Å². The maximum atomic E-state index is 12.4. The number of rotatable bonds is 2. The summed E-state index contributed by atoms with van der Waals surface area (Å²) in [6.45, 7) is 0. The van der Waals surface area contributed by atoms with E-state index in [1.165, 1.54) is 5.56 Å². The summed E-state index contributed by atoms with van der Waals surface area (Å²) in [5, 5.41) is 10.5. The van der Waals surface area contributed by atoms with Crippen LogP contribution in [0.3, 0.4) is 0 Å². The molecule has 3 aromatic rings. The van der Waals surface area contributed by atoms with Crippen LogP contribution in [0.4, 0.5) is 5.69 Å². The average molecular weight is 408 g/mol. The second-order valence-corrected chi connectivity index (χ2v) is 7.28. The van der Waals surface area contributed by atoms with Crippen LogP contribution in [0.5, 0.6) is 5.75 Å². The molecule has 128 valence electrons. The lowest BCUT2D eigenvalue weighted by molar-refractivity contribution is -0.110. The molecule has 5 nitrogen and oxygen atoms in total. The van der Waals surface area contributed by atoms with Gasteiger partial charge >= 0.3 is 0 Å². The molecule has 6 heteroatoms. The van der Waals surface area contributed by atoms with Gasteiger partial charge in [0, 0.05) is 33.3 Å². The first-order valence-electron chi connectivity index (χ1n) is 8.21. The Balaban J connectivity index is 1.60. The molecule has 2 aliphatic rings. The predicted molar refractivity (Wildman–Crippen MR) is 104 cm³/mol. The highest BCUT2D eigenvalue weighted by Gasteiger charge is 2.28. The number of aromatic amines is 1. The van der Waals surface area contributed by atoms with Crippen LogP contribution in [-0.4, -0.2) is 23.2 Å². The Bertz CT molecular complexity index is 1110. The summed E-state index contributed by atoms with van der Waals surface area (Å²) in [5.41, 5.74) is 7.57. The van der Waals surface area contributed by atoms with Gasteiger partial charge in [-0.05, 0) is 42.0 Å². The van der Waals surface area contributed by atoms with Gasteiger partial charge in [0.05, 0.1) is 24.1 Å². The summed E-state index contributed by atoms with van der Waals surface area (Å²) in [5.74, 6) is 0.715. The van der Waals surface area contributed by atoms with E-state index >= 15 is 0 Å². The molecule has 5 rings (SSSR count). The summed E-state index contributed by atoms with van der Waals surface area (Å²) >= 11 is 3.47. The number of carbonyl (C=O) groups is 1. The number of nitrogens with one attached hydrogen (secondary N) is 2. The molecule has 1 aliphatic heterocycles. The lowest BCUT2D eigenvalue weighted by atomic mass is 10.0. The van der Waals surface area contributed by atoms with Crippen LogP contribution in [0.25, 0.3) is 22.9 Å². The molecule has 2 N–H and O–H groups in total. The fourth-order valence-electron chi connectivity index (χ4n) is 3.60. The summed E-state index contributed by atoms with van der Waals surface area (Å²) in [6, 6.07) is 11.8. The first-order chi connectivity index (χ1) is 12.6. The van der Waals surface area contributed by atoms with Gasteiger partial charge in [0.2, 0.25) is 0 Å². The molecule has 0 atom stereocenters. The minimum absolute atomic E-state index is 0.0985. The zero-order chi connectivity index (χ0) is 17.8. The van der Waals surface area contributed by atoms with E-state index < -0.39 is 0 Å². The van der Waals surface area contributed by atoms with Gasteiger partial charge in [-0.1, -0.05) is 22.0 Å². The Morgan fingerprint density at radius 1 is 1.19 bits per heavy atom. The number of benzene rings is 2. The molecule has 2 aromatic carbocycles. The lowest BCUT2D eigenvalue weighted by Gasteiger charge is -2.03. The minimum Gasteiger partial charge on any atom is -0.497 e. The third-order valence-electron chi connectivity index (χ3n) is 4.89. The van der Waals surface area contributed by atoms with Crippen molar-refractivity contribution in [2.75, 3.05) is 12.4 Å². The number of fused-ring (bicyclic) bond motifs is 4. The standard InChI is InChI=1S/C20H14BrN3O2/c1-26-12-4-2-10-6-16-18(23-24-19(16)13(10)8-12)9-15-14-7-11(21)3-5-17(14)22-20(15)25/h2-5,7-9H,6H2,1H3,(H,22,25)(H,23,24)/b15-9-. The van der Waals surface area contributed by atoms with Crippen LogP contribution in [0, 0.1) is 0 Å². The molecule has 0 bridgehead atoms. The highest BCUT2D eigenvalue weighted by molar-refractivity contribution is 9.10. The Kier molecular flexibility index (Phi) is 3.30. The zero-order valence-electron chi connectivity index (χ0n) is 13.9. The third-order valence-corrected chi connectivity index (χ3v) is 5.39. The van der Waals surface area contributed by atoms with Crippen LogP contribution in [0.15, 0.2) is 40.9 Å². The largest absolute Gasteiger partial charge is 0.497 e. The van der Waals surface area contributed by atoms with Gasteiger partial charge in [0.25, 0.3) is 5.91 Å². The van der Waals surface area contributed by atoms with E-state index in [9.17, 15) is 4.79 Å². The molecule has 0 saturated heterocycles. The number of anilines is 1. The summed E-state index contributed by atoms with van der Waals surface area (Å²) in [4.78, 5) is 12.4. The van der Waals surface area contributed by atoms with E-state index in [0.717, 1.165) is 50.4 Å². The number of halogens is 1. The molecule has 1 aromatic heterocycles. The number of amides is 1. The topological polar surface area (TPSA) is 67.0 Å². The van der Waals surface area contributed by atoms with Gasteiger partial charge in [-0.15, -0.1) is 0 Å². The van der Waals surface area contributed by atoms with E-state index in [1.807, 2.05) is 36.4 Å². The molecule has 0 unspecified atom stereocenters. The quantitative estimate of drug-likeness (QED) is 0.488. The predicted octanol–water partition coefficient (Wildman–Crippen LogP) is 4.24. The van der Waals surface area contributed by atoms with Gasteiger partial charge in [-0.2, -0.15) is 5.10 Å². The Morgan fingerprint density at radius 2 is 2.08 bits per heavy atom. The second kappa shape index (κ2) is 5.57. The summed E-state index contributed by atoms with van der Waals surface area (Å²) in [7, 11) is 1.66. The van der Waals surface area contributed by atoms with Gasteiger partial charge in [0.15, 0.2) is 0 Å². The van der Waals surface area contributed by atoms with Crippen molar-refractivity contribution in [2.45, 2.75) is 6.42 Å². The highest BCUT2D eigenvalue weighted by Crippen LogP contribution is 2.41. The summed E-state index contributed by atoms with van der Waals surface area (Å²) in [6.07, 6.45) is 2.68. The number of hydrogen-bond acceptors (Lipinski definition) is 3. The van der Waals surface area contributed by atoms with Crippen LogP contribution in [0.1, 0.15) is 22.4 Å². The highest BCUT2D eigenvalue weighted by atomic mass is 79.9. The molecule has 1 amide bonds. The van der Waals surface area contributed by atoms with Crippen molar-refractivity contribution in [2.24, 2.45) is 0 Å². The van der Waals surface area contributed by atoms with E-state index in [4.69, 9.17) is 4.74 Å². The normalized spacial score (nSPS) is 15.6. The molecular weight excluding hydrogens is 394 g/mol. The van der Waals surface area contributed by atoms with Crippen LogP contribution < -0.4 is 10.1 Å². The monoisotopic (exact) mass is 407 g/mol. The SMILES string of the molecule is COc1ccc2c(c1)-c1n[nH]c(/C=C3\C(=O)Nc4ccc(Br)cc43)c1C2. The summed E-state index contributed by atoms with van der Waals surface area (Å²) < 4.78 is 6.26. The number of aromatic nitrogens is 2. The molecular formula is C20H14BrN3O2. The zero-order valence-corrected chi connectivity index (χ0v) is 15.5. The van der Waals surface area contributed by atoms with Crippen molar-refractivity contribution in [3.05, 3.63) is 63.3 Å². The smallest absolute Gasteiger partial charge is 0.256 e. The molecule has 2 heterocycles. The Labute approximate surface area is 158 Å². The van der Waals surface area contributed by atoms with Gasteiger partial charge < -0.3 is 10.1 Å². The fraction of sp³-hybridized carbons (Fsp3) is 0.100. The minimum atomic E-state index is -0.0985. The van der Waals surface area contributed by atoms with Crippen molar-refractivity contribution in [3.63, 3.8) is 0 Å². The van der Waals surface area contributed by atoms with Crippen molar-refractivity contribution in [3.8, 4) is 17.0 Å². The number of ether oxygens (including phenoxy) is 1.